The third kappa shape index (κ3) is 3.01. The number of nitrogens with two attached hydrogens (primary N) is 1. The summed E-state index contributed by atoms with van der Waals surface area (Å²) in [5.41, 5.74) is 6.51. The number of para-hydroxylation sites is 1. The van der Waals surface area contributed by atoms with E-state index in [0.717, 1.165) is 18.4 Å². The minimum Gasteiger partial charge on any atom is -0.483 e. The lowest BCUT2D eigenvalue weighted by molar-refractivity contribution is -0.125. The van der Waals surface area contributed by atoms with Gasteiger partial charge in [-0.2, -0.15) is 0 Å². The predicted molar refractivity (Wildman–Crippen MR) is 70.2 cm³/mol. The van der Waals surface area contributed by atoms with Crippen molar-refractivity contribution in [2.24, 2.45) is 5.73 Å². The average molecular weight is 248 g/mol. The average Bonchev–Trinajstić information content (AvgIpc) is 2.34. The highest BCUT2D eigenvalue weighted by Crippen LogP contribution is 2.30. The standard InChI is InChI=1S/C14H20N2O2/c1-14(7-4-8-14)16-13(17)10-18-12-6-3-2-5-11(12)9-15/h2-3,5-6H,4,7-10,15H2,1H3,(H,16,17). The molecule has 0 radical (unpaired) electrons. The van der Waals surface area contributed by atoms with Crippen LogP contribution in [0.4, 0.5) is 0 Å². The van der Waals surface area contributed by atoms with E-state index >= 15 is 0 Å². The van der Waals surface area contributed by atoms with E-state index in [0.29, 0.717) is 12.3 Å². The minimum absolute atomic E-state index is 0.0200. The molecule has 1 amide bonds. The Kier molecular flexibility index (Phi) is 3.87. The van der Waals surface area contributed by atoms with Gasteiger partial charge < -0.3 is 15.8 Å². The maximum atomic E-state index is 11.8. The maximum absolute atomic E-state index is 11.8. The largest absolute Gasteiger partial charge is 0.483 e. The second kappa shape index (κ2) is 5.40. The van der Waals surface area contributed by atoms with Crippen molar-refractivity contribution in [3.05, 3.63) is 29.8 Å². The normalized spacial score (nSPS) is 16.8. The zero-order valence-electron chi connectivity index (χ0n) is 10.7. The maximum Gasteiger partial charge on any atom is 0.258 e. The van der Waals surface area contributed by atoms with Crippen LogP contribution >= 0.6 is 0 Å². The van der Waals surface area contributed by atoms with E-state index in [1.807, 2.05) is 24.3 Å². The van der Waals surface area contributed by atoms with Gasteiger partial charge in [-0.25, -0.2) is 0 Å². The molecule has 18 heavy (non-hydrogen) atoms. The smallest absolute Gasteiger partial charge is 0.258 e. The van der Waals surface area contributed by atoms with E-state index in [2.05, 4.69) is 12.2 Å². The van der Waals surface area contributed by atoms with Crippen molar-refractivity contribution >= 4 is 5.91 Å². The molecule has 1 fully saturated rings. The molecule has 4 heteroatoms. The summed E-state index contributed by atoms with van der Waals surface area (Å²) in [6.45, 7) is 2.53. The second-order valence-corrected chi connectivity index (χ2v) is 5.06. The predicted octanol–water partition coefficient (Wildman–Crippen LogP) is 1.58. The minimum atomic E-state index is -0.0657. The molecular formula is C14H20N2O2. The van der Waals surface area contributed by atoms with Gasteiger partial charge in [0.1, 0.15) is 5.75 Å². The van der Waals surface area contributed by atoms with Gasteiger partial charge in [-0.05, 0) is 32.3 Å². The van der Waals surface area contributed by atoms with Crippen molar-refractivity contribution in [2.75, 3.05) is 6.61 Å². The van der Waals surface area contributed by atoms with Crippen LogP contribution in [0.1, 0.15) is 31.7 Å². The van der Waals surface area contributed by atoms with Gasteiger partial charge in [0.05, 0.1) is 0 Å². The summed E-state index contributed by atoms with van der Waals surface area (Å²) in [6, 6.07) is 7.52. The Labute approximate surface area is 108 Å². The monoisotopic (exact) mass is 248 g/mol. The molecule has 0 aromatic heterocycles. The molecule has 4 nitrogen and oxygen atoms in total. The first-order valence-corrected chi connectivity index (χ1v) is 6.35. The van der Waals surface area contributed by atoms with Gasteiger partial charge in [0.25, 0.3) is 5.91 Å². The molecule has 1 aromatic carbocycles. The first-order chi connectivity index (χ1) is 8.63. The lowest BCUT2D eigenvalue weighted by Crippen LogP contribution is -2.52. The molecule has 1 aliphatic carbocycles. The summed E-state index contributed by atoms with van der Waals surface area (Å²) in [7, 11) is 0. The summed E-state index contributed by atoms with van der Waals surface area (Å²) in [5.74, 6) is 0.623. The third-order valence-electron chi connectivity index (χ3n) is 3.45. The summed E-state index contributed by atoms with van der Waals surface area (Å²) < 4.78 is 5.51. The number of hydrogen-bond donors (Lipinski definition) is 2. The van der Waals surface area contributed by atoms with Crippen molar-refractivity contribution < 1.29 is 9.53 Å². The first-order valence-electron chi connectivity index (χ1n) is 6.35. The summed E-state index contributed by atoms with van der Waals surface area (Å²) >= 11 is 0. The molecule has 0 heterocycles. The molecule has 0 bridgehead atoms. The fourth-order valence-corrected chi connectivity index (χ4v) is 2.16. The number of benzene rings is 1. The number of carbonyl (C=O) groups is 1. The first kappa shape index (κ1) is 12.9. The van der Waals surface area contributed by atoms with Crippen molar-refractivity contribution in [1.29, 1.82) is 0 Å². The summed E-state index contributed by atoms with van der Waals surface area (Å²) in [6.07, 6.45) is 3.30. The molecule has 1 saturated carbocycles. The van der Waals surface area contributed by atoms with Crippen LogP contribution in [0.15, 0.2) is 24.3 Å². The zero-order valence-corrected chi connectivity index (χ0v) is 10.7. The number of hydrogen-bond acceptors (Lipinski definition) is 3. The molecule has 0 atom stereocenters. The van der Waals surface area contributed by atoms with Crippen LogP contribution in [-0.2, 0) is 11.3 Å². The number of amides is 1. The molecule has 3 N–H and O–H groups in total. The summed E-state index contributed by atoms with van der Waals surface area (Å²) in [4.78, 5) is 11.8. The number of ether oxygens (including phenoxy) is 1. The van der Waals surface area contributed by atoms with Crippen molar-refractivity contribution in [3.8, 4) is 5.75 Å². The van der Waals surface area contributed by atoms with Crippen LogP contribution in [0.3, 0.4) is 0 Å². The van der Waals surface area contributed by atoms with Crippen LogP contribution in [0.2, 0.25) is 0 Å². The number of carbonyl (C=O) groups excluding carboxylic acids is 1. The van der Waals surface area contributed by atoms with E-state index in [9.17, 15) is 4.79 Å². The Morgan fingerprint density at radius 2 is 2.17 bits per heavy atom. The fourth-order valence-electron chi connectivity index (χ4n) is 2.16. The Balaban J connectivity index is 1.85. The lowest BCUT2D eigenvalue weighted by Gasteiger charge is -2.39. The van der Waals surface area contributed by atoms with E-state index in [1.165, 1.54) is 6.42 Å². The Morgan fingerprint density at radius 1 is 1.44 bits per heavy atom. The highest BCUT2D eigenvalue weighted by atomic mass is 16.5. The second-order valence-electron chi connectivity index (χ2n) is 5.06. The van der Waals surface area contributed by atoms with Crippen molar-refractivity contribution in [1.82, 2.24) is 5.32 Å². The quantitative estimate of drug-likeness (QED) is 0.831. The van der Waals surface area contributed by atoms with Gasteiger partial charge in [-0.15, -0.1) is 0 Å². The van der Waals surface area contributed by atoms with Crippen LogP contribution in [0.5, 0.6) is 5.75 Å². The molecule has 98 valence electrons. The molecule has 0 saturated heterocycles. The van der Waals surface area contributed by atoms with Gasteiger partial charge in [-0.3, -0.25) is 4.79 Å². The Hall–Kier alpha value is -1.55. The molecular weight excluding hydrogens is 228 g/mol. The molecule has 2 rings (SSSR count). The van der Waals surface area contributed by atoms with Crippen LogP contribution in [0.25, 0.3) is 0 Å². The Morgan fingerprint density at radius 3 is 2.78 bits per heavy atom. The number of rotatable bonds is 5. The SMILES string of the molecule is CC1(NC(=O)COc2ccccc2CN)CCC1. The molecule has 1 aliphatic rings. The van der Waals surface area contributed by atoms with Crippen molar-refractivity contribution in [3.63, 3.8) is 0 Å². The van der Waals surface area contributed by atoms with Crippen LogP contribution in [-0.4, -0.2) is 18.1 Å². The van der Waals surface area contributed by atoms with E-state index in [1.54, 1.807) is 0 Å². The van der Waals surface area contributed by atoms with E-state index in [4.69, 9.17) is 10.5 Å². The van der Waals surface area contributed by atoms with E-state index in [-0.39, 0.29) is 18.1 Å². The third-order valence-corrected chi connectivity index (χ3v) is 3.45. The molecule has 1 aromatic rings. The highest BCUT2D eigenvalue weighted by Gasteiger charge is 2.33. The summed E-state index contributed by atoms with van der Waals surface area (Å²) in [5, 5.41) is 3.01. The van der Waals surface area contributed by atoms with Gasteiger partial charge in [0.15, 0.2) is 6.61 Å². The number of nitrogens with one attached hydrogen (secondary N) is 1. The van der Waals surface area contributed by atoms with Gasteiger partial charge >= 0.3 is 0 Å². The molecule has 0 spiro atoms. The van der Waals surface area contributed by atoms with Gasteiger partial charge in [0, 0.05) is 17.6 Å². The van der Waals surface area contributed by atoms with Crippen molar-refractivity contribution in [2.45, 2.75) is 38.3 Å². The van der Waals surface area contributed by atoms with Crippen LogP contribution in [0, 0.1) is 0 Å². The molecule has 0 aliphatic heterocycles. The zero-order chi connectivity index (χ0) is 13.0. The van der Waals surface area contributed by atoms with Gasteiger partial charge in [-0.1, -0.05) is 18.2 Å². The lowest BCUT2D eigenvalue weighted by atomic mass is 9.78. The fraction of sp³-hybridized carbons (Fsp3) is 0.500. The van der Waals surface area contributed by atoms with Gasteiger partial charge in [0.2, 0.25) is 0 Å². The Bertz CT molecular complexity index is 428. The highest BCUT2D eigenvalue weighted by molar-refractivity contribution is 5.78. The molecule has 0 unspecified atom stereocenters. The topological polar surface area (TPSA) is 64.3 Å². The van der Waals surface area contributed by atoms with E-state index < -0.39 is 0 Å². The van der Waals surface area contributed by atoms with Crippen LogP contribution < -0.4 is 15.8 Å².